The van der Waals surface area contributed by atoms with Gasteiger partial charge in [0, 0.05) is 43.2 Å². The second-order valence-electron chi connectivity index (χ2n) is 11.9. The number of carbonyl (C=O) groups excluding carboxylic acids is 4. The Hall–Kier alpha value is -5.39. The fourth-order valence-electron chi connectivity index (χ4n) is 5.57. The van der Waals surface area contributed by atoms with Gasteiger partial charge in [-0.15, -0.1) is 0 Å². The van der Waals surface area contributed by atoms with Crippen molar-refractivity contribution in [1.29, 1.82) is 0 Å². The van der Waals surface area contributed by atoms with Crippen molar-refractivity contribution >= 4 is 52.4 Å². The molecule has 5 atom stereocenters. The maximum atomic E-state index is 14.0. The number of likely N-dealkylation sites (tertiary alicyclic amines) is 1. The number of aliphatic carboxylic acids is 1. The summed E-state index contributed by atoms with van der Waals surface area (Å²) in [6.07, 6.45) is 3.71. The lowest BCUT2D eigenvalue weighted by Crippen LogP contribution is -2.58. The Labute approximate surface area is 283 Å². The topological polar surface area (TPSA) is 316 Å². The van der Waals surface area contributed by atoms with Crippen LogP contribution in [-0.4, -0.2) is 106 Å². The number of nitrogens with one attached hydrogen (secondary N) is 4. The fourth-order valence-corrected chi connectivity index (χ4v) is 5.57. The molecule has 2 aromatic rings. The minimum atomic E-state index is -1.22. The molecular formula is C31H48N12O6. The first-order chi connectivity index (χ1) is 23.3. The molecule has 0 saturated carbocycles. The third-order valence-electron chi connectivity index (χ3n) is 8.16. The van der Waals surface area contributed by atoms with Gasteiger partial charge < -0.3 is 59.6 Å². The van der Waals surface area contributed by atoms with Gasteiger partial charge in [0.2, 0.25) is 23.6 Å². The van der Waals surface area contributed by atoms with Crippen molar-refractivity contribution in [3.05, 3.63) is 36.0 Å². The first-order valence-corrected chi connectivity index (χ1v) is 16.1. The van der Waals surface area contributed by atoms with Gasteiger partial charge in [-0.3, -0.25) is 34.0 Å². The number of aromatic amines is 1. The van der Waals surface area contributed by atoms with Crippen LogP contribution in [0.5, 0.6) is 0 Å². The predicted molar refractivity (Wildman–Crippen MR) is 184 cm³/mol. The molecule has 1 aliphatic heterocycles. The van der Waals surface area contributed by atoms with E-state index in [4.69, 9.17) is 28.7 Å². The third-order valence-corrected chi connectivity index (χ3v) is 8.16. The molecule has 3 rings (SSSR count). The number of benzene rings is 1. The van der Waals surface area contributed by atoms with Gasteiger partial charge in [0.25, 0.3) is 0 Å². The minimum Gasteiger partial charge on any atom is -0.480 e. The monoisotopic (exact) mass is 684 g/mol. The van der Waals surface area contributed by atoms with E-state index in [9.17, 15) is 29.1 Å². The number of carboxylic acids is 1. The fraction of sp³-hybridized carbons (Fsp3) is 0.516. The number of nitrogens with two attached hydrogens (primary N) is 5. The van der Waals surface area contributed by atoms with E-state index in [1.807, 2.05) is 24.3 Å². The Morgan fingerprint density at radius 2 is 1.57 bits per heavy atom. The van der Waals surface area contributed by atoms with Gasteiger partial charge in [-0.25, -0.2) is 0 Å². The number of fused-ring (bicyclic) bond motifs is 1. The quantitative estimate of drug-likeness (QED) is 0.0452. The van der Waals surface area contributed by atoms with Gasteiger partial charge in [-0.1, -0.05) is 18.2 Å². The summed E-state index contributed by atoms with van der Waals surface area (Å²) in [5, 5.41) is 18.1. The number of hydrogen-bond acceptors (Lipinski definition) is 8. The van der Waals surface area contributed by atoms with E-state index >= 15 is 0 Å². The zero-order chi connectivity index (χ0) is 36.1. The van der Waals surface area contributed by atoms with Crippen molar-refractivity contribution in [2.24, 2.45) is 38.7 Å². The highest BCUT2D eigenvalue weighted by atomic mass is 16.4. The number of hydrogen-bond donors (Lipinski definition) is 10. The predicted octanol–water partition coefficient (Wildman–Crippen LogP) is -2.31. The molecule has 15 N–H and O–H groups in total. The first kappa shape index (κ1) is 38.1. The highest BCUT2D eigenvalue weighted by Crippen LogP contribution is 2.22. The average Bonchev–Trinajstić information content (AvgIpc) is 3.71. The smallest absolute Gasteiger partial charge is 0.325 e. The summed E-state index contributed by atoms with van der Waals surface area (Å²) in [5.41, 5.74) is 29.4. The molecule has 0 spiro atoms. The van der Waals surface area contributed by atoms with Crippen molar-refractivity contribution < 1.29 is 29.1 Å². The molecule has 4 amide bonds. The van der Waals surface area contributed by atoms with Crippen LogP contribution in [0.4, 0.5) is 0 Å². The Morgan fingerprint density at radius 1 is 0.939 bits per heavy atom. The largest absolute Gasteiger partial charge is 0.480 e. The molecule has 1 aromatic heterocycles. The van der Waals surface area contributed by atoms with Gasteiger partial charge in [0.1, 0.15) is 24.2 Å². The summed E-state index contributed by atoms with van der Waals surface area (Å²) >= 11 is 0. The van der Waals surface area contributed by atoms with E-state index < -0.39 is 59.8 Å². The highest BCUT2D eigenvalue weighted by Gasteiger charge is 2.39. The molecular weight excluding hydrogens is 636 g/mol. The van der Waals surface area contributed by atoms with Crippen LogP contribution >= 0.6 is 0 Å². The molecule has 1 fully saturated rings. The molecule has 0 unspecified atom stereocenters. The molecule has 268 valence electrons. The molecule has 18 nitrogen and oxygen atoms in total. The van der Waals surface area contributed by atoms with E-state index in [2.05, 4.69) is 30.9 Å². The molecule has 2 heterocycles. The lowest BCUT2D eigenvalue weighted by Gasteiger charge is -2.30. The molecule has 0 radical (unpaired) electrons. The van der Waals surface area contributed by atoms with E-state index in [0.29, 0.717) is 25.7 Å². The minimum absolute atomic E-state index is 0.0685. The van der Waals surface area contributed by atoms with Crippen LogP contribution in [0.3, 0.4) is 0 Å². The highest BCUT2D eigenvalue weighted by molar-refractivity contribution is 5.96. The standard InChI is InChI=1S/C31H48N12O6/c1-17(29(48)49)40-27(46)24-11-6-14-43(24)28(47)22(10-5-13-38-31(35)36)41-26(45)23(15-18-16-39-21-9-3-2-7-19(18)21)42-25(44)20(32)8-4-12-37-30(33)34/h2-3,7,9,16-17,20,22-24,39H,4-6,8,10-15,32H2,1H3,(H,40,46)(H,41,45)(H,42,44)(H,48,49)(H4,33,34,37)(H4,35,36,38)/t17-,20-,22-,23-,24-/m0/s1. The summed E-state index contributed by atoms with van der Waals surface area (Å²) in [7, 11) is 0. The van der Waals surface area contributed by atoms with Gasteiger partial charge in [0.05, 0.1) is 6.04 Å². The molecule has 0 aliphatic carbocycles. The molecule has 18 heteroatoms. The number of aromatic nitrogens is 1. The van der Waals surface area contributed by atoms with Crippen LogP contribution in [0, 0.1) is 0 Å². The number of rotatable bonds is 18. The van der Waals surface area contributed by atoms with Crippen LogP contribution in [0.25, 0.3) is 10.9 Å². The lowest BCUT2D eigenvalue weighted by atomic mass is 10.0. The number of aliphatic imine (C=N–C) groups is 2. The van der Waals surface area contributed by atoms with Crippen LogP contribution in [0.2, 0.25) is 0 Å². The number of nitrogens with zero attached hydrogens (tertiary/aromatic N) is 3. The number of carboxylic acid groups (broad SMARTS) is 1. The summed E-state index contributed by atoms with van der Waals surface area (Å²) in [5.74, 6) is -3.79. The van der Waals surface area contributed by atoms with Crippen molar-refractivity contribution in [3.8, 4) is 0 Å². The second-order valence-corrected chi connectivity index (χ2v) is 11.9. The Bertz CT molecular complexity index is 1530. The van der Waals surface area contributed by atoms with Crippen LogP contribution in [0.1, 0.15) is 51.0 Å². The summed E-state index contributed by atoms with van der Waals surface area (Å²) < 4.78 is 0. The zero-order valence-corrected chi connectivity index (χ0v) is 27.6. The summed E-state index contributed by atoms with van der Waals surface area (Å²) in [4.78, 5) is 77.8. The van der Waals surface area contributed by atoms with Gasteiger partial charge in [-0.05, 0) is 57.1 Å². The Kier molecular flexibility index (Phi) is 14.2. The molecule has 49 heavy (non-hydrogen) atoms. The van der Waals surface area contributed by atoms with E-state index in [1.165, 1.54) is 11.8 Å². The van der Waals surface area contributed by atoms with Crippen LogP contribution in [0.15, 0.2) is 40.4 Å². The summed E-state index contributed by atoms with van der Waals surface area (Å²) in [6.45, 7) is 2.00. The Balaban J connectivity index is 1.85. The maximum absolute atomic E-state index is 14.0. The number of guanidine groups is 2. The van der Waals surface area contributed by atoms with Crippen molar-refractivity contribution in [1.82, 2.24) is 25.8 Å². The number of carbonyl (C=O) groups is 5. The van der Waals surface area contributed by atoms with E-state index in [1.54, 1.807) is 6.20 Å². The second kappa shape index (κ2) is 18.2. The van der Waals surface area contributed by atoms with Gasteiger partial charge >= 0.3 is 5.97 Å². The van der Waals surface area contributed by atoms with E-state index in [0.717, 1.165) is 16.5 Å². The van der Waals surface area contributed by atoms with Gasteiger partial charge in [0.15, 0.2) is 11.9 Å². The van der Waals surface area contributed by atoms with E-state index in [-0.39, 0.29) is 50.8 Å². The number of para-hydroxylation sites is 1. The van der Waals surface area contributed by atoms with Crippen LogP contribution < -0.4 is 44.6 Å². The van der Waals surface area contributed by atoms with Crippen molar-refractivity contribution in [2.45, 2.75) is 82.1 Å². The number of amides is 4. The number of H-pyrrole nitrogens is 1. The SMILES string of the molecule is C[C@H](NC(=O)[C@@H]1CCCN1C(=O)[C@H](CCCN=C(N)N)NC(=O)[C@H](Cc1c[nH]c2ccccc12)NC(=O)[C@@H](N)CCCN=C(N)N)C(=O)O. The van der Waals surface area contributed by atoms with Crippen molar-refractivity contribution in [3.63, 3.8) is 0 Å². The zero-order valence-electron chi connectivity index (χ0n) is 27.6. The first-order valence-electron chi connectivity index (χ1n) is 16.1. The Morgan fingerprint density at radius 3 is 2.22 bits per heavy atom. The van der Waals surface area contributed by atoms with Crippen molar-refractivity contribution in [2.75, 3.05) is 19.6 Å². The summed E-state index contributed by atoms with van der Waals surface area (Å²) in [6, 6.07) is 2.16. The molecule has 1 aromatic carbocycles. The molecule has 0 bridgehead atoms. The van der Waals surface area contributed by atoms with Gasteiger partial charge in [-0.2, -0.15) is 0 Å². The lowest BCUT2D eigenvalue weighted by molar-refractivity contribution is -0.144. The third kappa shape index (κ3) is 11.4. The molecule has 1 saturated heterocycles. The van der Waals surface area contributed by atoms with Crippen LogP contribution in [-0.2, 0) is 30.4 Å². The normalized spacial score (nSPS) is 16.5. The average molecular weight is 685 g/mol. The maximum Gasteiger partial charge on any atom is 0.325 e. The molecule has 1 aliphatic rings.